The van der Waals surface area contributed by atoms with Gasteiger partial charge in [0.1, 0.15) is 0 Å². The van der Waals surface area contributed by atoms with E-state index in [2.05, 4.69) is 41.6 Å². The van der Waals surface area contributed by atoms with Crippen molar-refractivity contribution in [3.05, 3.63) is 5.89 Å². The first kappa shape index (κ1) is 14.3. The van der Waals surface area contributed by atoms with Crippen molar-refractivity contribution in [3.8, 4) is 0 Å². The topological polar surface area (TPSA) is 72.2 Å². The number of anilines is 1. The molecule has 0 aliphatic carbocycles. The smallest absolute Gasteiger partial charge is 0.315 e. The maximum Gasteiger partial charge on any atom is 0.315 e. The van der Waals surface area contributed by atoms with Crippen LogP contribution in [0.4, 0.5) is 6.01 Å². The van der Waals surface area contributed by atoms with Gasteiger partial charge >= 0.3 is 6.01 Å². The van der Waals surface area contributed by atoms with Gasteiger partial charge in [0.25, 0.3) is 0 Å². The SMILES string of the molecule is CCNC(C)c1nnc(NC2CCOC(C)(C)C2)o1. The molecule has 2 heterocycles. The van der Waals surface area contributed by atoms with Crippen LogP contribution in [0.2, 0.25) is 0 Å². The Kier molecular flexibility index (Phi) is 4.42. The van der Waals surface area contributed by atoms with Crippen LogP contribution in [0.1, 0.15) is 52.5 Å². The predicted octanol–water partition coefficient (Wildman–Crippen LogP) is 2.11. The average molecular weight is 268 g/mol. The second-order valence-electron chi connectivity index (χ2n) is 5.67. The van der Waals surface area contributed by atoms with Crippen LogP contribution in [0.25, 0.3) is 0 Å². The standard InChI is InChI=1S/C13H24N4O2/c1-5-14-9(2)11-16-17-12(19-11)15-10-6-7-18-13(3,4)8-10/h9-10,14H,5-8H2,1-4H3,(H,15,17). The second kappa shape index (κ2) is 5.88. The zero-order valence-electron chi connectivity index (χ0n) is 12.2. The Balaban J connectivity index is 1.92. The van der Waals surface area contributed by atoms with E-state index in [0.717, 1.165) is 26.0 Å². The second-order valence-corrected chi connectivity index (χ2v) is 5.67. The molecule has 0 aromatic carbocycles. The summed E-state index contributed by atoms with van der Waals surface area (Å²) in [4.78, 5) is 0. The van der Waals surface area contributed by atoms with Gasteiger partial charge in [0.2, 0.25) is 5.89 Å². The molecular weight excluding hydrogens is 244 g/mol. The van der Waals surface area contributed by atoms with Crippen molar-refractivity contribution in [2.45, 2.75) is 58.2 Å². The molecule has 6 nitrogen and oxygen atoms in total. The van der Waals surface area contributed by atoms with Crippen molar-refractivity contribution < 1.29 is 9.15 Å². The van der Waals surface area contributed by atoms with Crippen LogP contribution in [0.3, 0.4) is 0 Å². The van der Waals surface area contributed by atoms with Gasteiger partial charge in [-0.1, -0.05) is 12.0 Å². The third-order valence-electron chi connectivity index (χ3n) is 3.35. The summed E-state index contributed by atoms with van der Waals surface area (Å²) in [7, 11) is 0. The van der Waals surface area contributed by atoms with Crippen LogP contribution in [0.15, 0.2) is 4.42 Å². The summed E-state index contributed by atoms with van der Waals surface area (Å²) in [6, 6.07) is 0.910. The Morgan fingerprint density at radius 1 is 1.42 bits per heavy atom. The molecule has 0 spiro atoms. The minimum atomic E-state index is -0.0875. The summed E-state index contributed by atoms with van der Waals surface area (Å²) in [5.74, 6) is 0.621. The third kappa shape index (κ3) is 3.91. The molecule has 6 heteroatoms. The molecule has 1 saturated heterocycles. The van der Waals surface area contributed by atoms with E-state index in [1.54, 1.807) is 0 Å². The van der Waals surface area contributed by atoms with Gasteiger partial charge < -0.3 is 19.8 Å². The van der Waals surface area contributed by atoms with Gasteiger partial charge in [-0.2, -0.15) is 0 Å². The molecule has 1 aromatic rings. The highest BCUT2D eigenvalue weighted by Gasteiger charge is 2.29. The third-order valence-corrected chi connectivity index (χ3v) is 3.35. The molecule has 19 heavy (non-hydrogen) atoms. The average Bonchev–Trinajstić information content (AvgIpc) is 2.76. The maximum atomic E-state index is 5.69. The number of nitrogens with zero attached hydrogens (tertiary/aromatic N) is 2. The van der Waals surface area contributed by atoms with Crippen LogP contribution in [0.5, 0.6) is 0 Å². The lowest BCUT2D eigenvalue weighted by molar-refractivity contribution is -0.0555. The molecule has 1 aliphatic heterocycles. The van der Waals surface area contributed by atoms with Gasteiger partial charge in [0, 0.05) is 12.6 Å². The summed E-state index contributed by atoms with van der Waals surface area (Å²) in [6.45, 7) is 9.91. The molecule has 1 fully saturated rings. The van der Waals surface area contributed by atoms with E-state index in [-0.39, 0.29) is 11.6 Å². The normalized spacial score (nSPS) is 24.1. The summed E-state index contributed by atoms with van der Waals surface area (Å²) < 4.78 is 11.3. The molecule has 0 saturated carbocycles. The van der Waals surface area contributed by atoms with Gasteiger partial charge in [-0.05, 0) is 40.2 Å². The van der Waals surface area contributed by atoms with Crippen LogP contribution >= 0.6 is 0 Å². The number of hydrogen-bond donors (Lipinski definition) is 2. The van der Waals surface area contributed by atoms with E-state index in [0.29, 0.717) is 17.9 Å². The van der Waals surface area contributed by atoms with Crippen molar-refractivity contribution in [1.29, 1.82) is 0 Å². The summed E-state index contributed by atoms with van der Waals surface area (Å²) in [6.07, 6.45) is 1.90. The molecule has 0 amide bonds. The van der Waals surface area contributed by atoms with Crippen LogP contribution < -0.4 is 10.6 Å². The summed E-state index contributed by atoms with van der Waals surface area (Å²) in [5.41, 5.74) is -0.0875. The first-order chi connectivity index (χ1) is 9.00. The number of rotatable bonds is 5. The van der Waals surface area contributed by atoms with E-state index in [1.165, 1.54) is 0 Å². The number of hydrogen-bond acceptors (Lipinski definition) is 6. The van der Waals surface area contributed by atoms with Gasteiger partial charge in [0.15, 0.2) is 0 Å². The fraction of sp³-hybridized carbons (Fsp3) is 0.846. The molecule has 0 radical (unpaired) electrons. The Hall–Kier alpha value is -1.14. The largest absolute Gasteiger partial charge is 0.406 e. The fourth-order valence-corrected chi connectivity index (χ4v) is 2.39. The predicted molar refractivity (Wildman–Crippen MR) is 73.1 cm³/mol. The monoisotopic (exact) mass is 268 g/mol. The van der Waals surface area contributed by atoms with Crippen molar-refractivity contribution in [3.63, 3.8) is 0 Å². The Morgan fingerprint density at radius 2 is 2.21 bits per heavy atom. The number of nitrogens with one attached hydrogen (secondary N) is 2. The molecule has 2 rings (SSSR count). The zero-order valence-corrected chi connectivity index (χ0v) is 12.2. The molecule has 0 bridgehead atoms. The minimum absolute atomic E-state index is 0.0826. The first-order valence-corrected chi connectivity index (χ1v) is 6.97. The fourth-order valence-electron chi connectivity index (χ4n) is 2.39. The zero-order chi connectivity index (χ0) is 13.9. The number of ether oxygens (including phenoxy) is 1. The van der Waals surface area contributed by atoms with Crippen LogP contribution in [-0.4, -0.2) is 35.0 Å². The lowest BCUT2D eigenvalue weighted by Crippen LogP contribution is -2.40. The van der Waals surface area contributed by atoms with Gasteiger partial charge in [-0.3, -0.25) is 0 Å². The van der Waals surface area contributed by atoms with Crippen molar-refractivity contribution >= 4 is 6.01 Å². The minimum Gasteiger partial charge on any atom is -0.406 e. The molecule has 2 atom stereocenters. The van der Waals surface area contributed by atoms with Gasteiger partial charge in [0.05, 0.1) is 11.6 Å². The van der Waals surface area contributed by atoms with Gasteiger partial charge in [-0.25, -0.2) is 0 Å². The molecule has 1 aliphatic rings. The van der Waals surface area contributed by atoms with E-state index >= 15 is 0 Å². The molecule has 108 valence electrons. The Labute approximate surface area is 114 Å². The van der Waals surface area contributed by atoms with E-state index in [9.17, 15) is 0 Å². The van der Waals surface area contributed by atoms with Crippen LogP contribution in [0, 0.1) is 0 Å². The van der Waals surface area contributed by atoms with E-state index < -0.39 is 0 Å². The lowest BCUT2D eigenvalue weighted by atomic mass is 9.94. The first-order valence-electron chi connectivity index (χ1n) is 6.97. The Bertz CT molecular complexity index is 405. The highest BCUT2D eigenvalue weighted by Crippen LogP contribution is 2.26. The van der Waals surface area contributed by atoms with Crippen LogP contribution in [-0.2, 0) is 4.74 Å². The Morgan fingerprint density at radius 3 is 2.89 bits per heavy atom. The lowest BCUT2D eigenvalue weighted by Gasteiger charge is -2.35. The highest BCUT2D eigenvalue weighted by molar-refractivity contribution is 5.20. The highest BCUT2D eigenvalue weighted by atomic mass is 16.5. The summed E-state index contributed by atoms with van der Waals surface area (Å²) in [5, 5.41) is 14.7. The van der Waals surface area contributed by atoms with Crippen molar-refractivity contribution in [2.75, 3.05) is 18.5 Å². The van der Waals surface area contributed by atoms with E-state index in [1.807, 2.05) is 6.92 Å². The quantitative estimate of drug-likeness (QED) is 0.852. The molecule has 2 unspecified atom stereocenters. The maximum absolute atomic E-state index is 5.69. The summed E-state index contributed by atoms with van der Waals surface area (Å²) >= 11 is 0. The number of aromatic nitrogens is 2. The van der Waals surface area contributed by atoms with E-state index in [4.69, 9.17) is 9.15 Å². The van der Waals surface area contributed by atoms with Crippen molar-refractivity contribution in [1.82, 2.24) is 15.5 Å². The molecular formula is C13H24N4O2. The molecule has 2 N–H and O–H groups in total. The molecule has 1 aromatic heterocycles. The van der Waals surface area contributed by atoms with Crippen molar-refractivity contribution in [2.24, 2.45) is 0 Å². The van der Waals surface area contributed by atoms with Gasteiger partial charge in [-0.15, -0.1) is 5.10 Å².